The van der Waals surface area contributed by atoms with Crippen molar-refractivity contribution in [3.05, 3.63) is 63.3 Å². The van der Waals surface area contributed by atoms with Crippen molar-refractivity contribution in [2.75, 3.05) is 0 Å². The summed E-state index contributed by atoms with van der Waals surface area (Å²) in [6.07, 6.45) is 4.18. The van der Waals surface area contributed by atoms with Gasteiger partial charge in [-0.3, -0.25) is 4.79 Å². The molecule has 0 saturated carbocycles. The van der Waals surface area contributed by atoms with E-state index in [1.165, 1.54) is 0 Å². The molecular formula is C15H9Br2N3O. The number of hydrogen-bond acceptors (Lipinski definition) is 3. The van der Waals surface area contributed by atoms with Gasteiger partial charge in [-0.2, -0.15) is 5.10 Å². The van der Waals surface area contributed by atoms with Gasteiger partial charge in [0.05, 0.1) is 5.56 Å². The Labute approximate surface area is 138 Å². The zero-order chi connectivity index (χ0) is 14.8. The molecule has 104 valence electrons. The summed E-state index contributed by atoms with van der Waals surface area (Å²) in [4.78, 5) is 15.6. The first-order chi connectivity index (χ1) is 10.2. The van der Waals surface area contributed by atoms with Crippen molar-refractivity contribution in [1.82, 2.24) is 14.8 Å². The number of rotatable bonds is 3. The van der Waals surface area contributed by atoms with E-state index in [-0.39, 0.29) is 0 Å². The molecule has 0 aliphatic rings. The first kappa shape index (κ1) is 14.2. The van der Waals surface area contributed by atoms with Gasteiger partial charge in [-0.05, 0) is 40.2 Å². The molecule has 0 spiro atoms. The molecule has 1 aromatic carbocycles. The number of hydrogen-bond donors (Lipinski definition) is 0. The van der Waals surface area contributed by atoms with Gasteiger partial charge in [0.25, 0.3) is 0 Å². The third-order valence-corrected chi connectivity index (χ3v) is 3.93. The second kappa shape index (κ2) is 5.91. The van der Waals surface area contributed by atoms with Gasteiger partial charge in [0.2, 0.25) is 0 Å². The minimum atomic E-state index is 0.530. The van der Waals surface area contributed by atoms with E-state index >= 15 is 0 Å². The maximum Gasteiger partial charge on any atom is 0.153 e. The number of halogens is 2. The van der Waals surface area contributed by atoms with Crippen LogP contribution in [0.2, 0.25) is 0 Å². The summed E-state index contributed by atoms with van der Waals surface area (Å²) in [6.45, 7) is 0. The van der Waals surface area contributed by atoms with Crippen LogP contribution in [0.1, 0.15) is 10.4 Å². The van der Waals surface area contributed by atoms with E-state index in [4.69, 9.17) is 0 Å². The monoisotopic (exact) mass is 405 g/mol. The summed E-state index contributed by atoms with van der Waals surface area (Å²) < 4.78 is 3.48. The largest absolute Gasteiger partial charge is 0.298 e. The molecule has 0 bridgehead atoms. The molecule has 3 aromatic rings. The lowest BCUT2D eigenvalue weighted by Crippen LogP contribution is -1.97. The normalized spacial score (nSPS) is 10.6. The van der Waals surface area contributed by atoms with E-state index in [0.29, 0.717) is 17.1 Å². The van der Waals surface area contributed by atoms with Gasteiger partial charge < -0.3 is 0 Å². The Hall–Kier alpha value is -1.79. The molecule has 21 heavy (non-hydrogen) atoms. The predicted molar refractivity (Wildman–Crippen MR) is 87.6 cm³/mol. The van der Waals surface area contributed by atoms with Crippen LogP contribution in [0.3, 0.4) is 0 Å². The maximum absolute atomic E-state index is 11.3. The Morgan fingerprint density at radius 2 is 1.71 bits per heavy atom. The first-order valence-electron chi connectivity index (χ1n) is 6.10. The van der Waals surface area contributed by atoms with Gasteiger partial charge in [0.1, 0.15) is 5.69 Å². The fourth-order valence-corrected chi connectivity index (χ4v) is 2.43. The van der Waals surface area contributed by atoms with Crippen molar-refractivity contribution in [3.8, 4) is 17.1 Å². The molecule has 0 atom stereocenters. The summed E-state index contributed by atoms with van der Waals surface area (Å²) in [5, 5.41) is 4.47. The van der Waals surface area contributed by atoms with Crippen molar-refractivity contribution in [3.63, 3.8) is 0 Å². The minimum Gasteiger partial charge on any atom is -0.298 e. The van der Waals surface area contributed by atoms with Crippen LogP contribution in [0.15, 0.2) is 57.7 Å². The van der Waals surface area contributed by atoms with Gasteiger partial charge in [0, 0.05) is 26.9 Å². The fourth-order valence-electron chi connectivity index (χ4n) is 1.93. The molecule has 0 saturated heterocycles. The standard InChI is InChI=1S/C15H9Br2N3O/c16-12-3-1-10(2-4-12)15-11(9-21)8-20(19-15)14-6-5-13(17)7-18-14/h1-9H. The van der Waals surface area contributed by atoms with Gasteiger partial charge in [0.15, 0.2) is 12.1 Å². The maximum atomic E-state index is 11.3. The Morgan fingerprint density at radius 3 is 2.33 bits per heavy atom. The molecule has 4 nitrogen and oxygen atoms in total. The number of pyridine rings is 1. The molecule has 0 fully saturated rings. The van der Waals surface area contributed by atoms with Crippen LogP contribution in [0.5, 0.6) is 0 Å². The van der Waals surface area contributed by atoms with Crippen LogP contribution in [-0.2, 0) is 0 Å². The highest BCUT2D eigenvalue weighted by atomic mass is 79.9. The molecule has 0 amide bonds. The van der Waals surface area contributed by atoms with Crippen LogP contribution in [0.25, 0.3) is 17.1 Å². The third kappa shape index (κ3) is 2.96. The summed E-state index contributed by atoms with van der Waals surface area (Å²) in [7, 11) is 0. The highest BCUT2D eigenvalue weighted by Gasteiger charge is 2.12. The highest BCUT2D eigenvalue weighted by Crippen LogP contribution is 2.24. The van der Waals surface area contributed by atoms with Gasteiger partial charge >= 0.3 is 0 Å². The first-order valence-corrected chi connectivity index (χ1v) is 7.68. The van der Waals surface area contributed by atoms with Crippen LogP contribution in [0, 0.1) is 0 Å². The SMILES string of the molecule is O=Cc1cn(-c2ccc(Br)cn2)nc1-c1ccc(Br)cc1. The van der Waals surface area contributed by atoms with E-state index in [1.807, 2.05) is 36.4 Å². The molecule has 0 aliphatic carbocycles. The fraction of sp³-hybridized carbons (Fsp3) is 0. The zero-order valence-electron chi connectivity index (χ0n) is 10.7. The van der Waals surface area contributed by atoms with Crippen LogP contribution in [0.4, 0.5) is 0 Å². The molecule has 3 rings (SSSR count). The number of nitrogens with zero attached hydrogens (tertiary/aromatic N) is 3. The summed E-state index contributed by atoms with van der Waals surface area (Å²) in [5.74, 6) is 0.657. The van der Waals surface area contributed by atoms with Crippen LogP contribution in [-0.4, -0.2) is 21.1 Å². The molecule has 2 aromatic heterocycles. The van der Waals surface area contributed by atoms with Gasteiger partial charge in [-0.1, -0.05) is 28.1 Å². The van der Waals surface area contributed by atoms with Crippen LogP contribution < -0.4 is 0 Å². The molecule has 0 N–H and O–H groups in total. The van der Waals surface area contributed by atoms with Crippen molar-refractivity contribution >= 4 is 38.1 Å². The Balaban J connectivity index is 2.08. The number of benzene rings is 1. The molecule has 0 radical (unpaired) electrons. The van der Waals surface area contributed by atoms with Crippen LogP contribution >= 0.6 is 31.9 Å². The second-order valence-electron chi connectivity index (χ2n) is 4.34. The topological polar surface area (TPSA) is 47.8 Å². The number of carbonyl (C=O) groups is 1. The molecular weight excluding hydrogens is 398 g/mol. The minimum absolute atomic E-state index is 0.530. The predicted octanol–water partition coefficient (Wildman–Crippen LogP) is 4.27. The summed E-state index contributed by atoms with van der Waals surface area (Å²) in [5.41, 5.74) is 2.06. The lowest BCUT2D eigenvalue weighted by Gasteiger charge is -2.00. The quantitative estimate of drug-likeness (QED) is 0.610. The summed E-state index contributed by atoms with van der Waals surface area (Å²) >= 11 is 6.73. The lowest BCUT2D eigenvalue weighted by molar-refractivity contribution is 0.112. The number of aldehydes is 1. The van der Waals surface area contributed by atoms with E-state index in [9.17, 15) is 4.79 Å². The average molecular weight is 407 g/mol. The van der Waals surface area contributed by atoms with E-state index in [1.54, 1.807) is 17.1 Å². The molecule has 6 heteroatoms. The van der Waals surface area contributed by atoms with Crippen molar-refractivity contribution in [1.29, 1.82) is 0 Å². The van der Waals surface area contributed by atoms with Gasteiger partial charge in [-0.25, -0.2) is 9.67 Å². The van der Waals surface area contributed by atoms with Crippen molar-refractivity contribution in [2.45, 2.75) is 0 Å². The Bertz CT molecular complexity index is 780. The smallest absolute Gasteiger partial charge is 0.153 e. The van der Waals surface area contributed by atoms with E-state index in [0.717, 1.165) is 20.8 Å². The van der Waals surface area contributed by atoms with E-state index in [2.05, 4.69) is 41.9 Å². The van der Waals surface area contributed by atoms with Crippen molar-refractivity contribution in [2.24, 2.45) is 0 Å². The zero-order valence-corrected chi connectivity index (χ0v) is 13.9. The van der Waals surface area contributed by atoms with E-state index < -0.39 is 0 Å². The molecule has 0 unspecified atom stereocenters. The Kier molecular flexibility index (Phi) is 3.98. The van der Waals surface area contributed by atoms with Crippen molar-refractivity contribution < 1.29 is 4.79 Å². The molecule has 0 aliphatic heterocycles. The highest BCUT2D eigenvalue weighted by molar-refractivity contribution is 9.10. The summed E-state index contributed by atoms with van der Waals surface area (Å²) in [6, 6.07) is 11.4. The number of aromatic nitrogens is 3. The third-order valence-electron chi connectivity index (χ3n) is 2.93. The molecule has 2 heterocycles. The lowest BCUT2D eigenvalue weighted by atomic mass is 10.1. The van der Waals surface area contributed by atoms with Gasteiger partial charge in [-0.15, -0.1) is 0 Å². The second-order valence-corrected chi connectivity index (χ2v) is 6.17. The number of carbonyl (C=O) groups excluding carboxylic acids is 1. The average Bonchev–Trinajstić information content (AvgIpc) is 2.93. The Morgan fingerprint density at radius 1 is 1.00 bits per heavy atom.